The molecular formula is C26H34N2O4. The number of nitrogens with zero attached hydrogens (tertiary/aromatic N) is 2. The van der Waals surface area contributed by atoms with Crippen molar-refractivity contribution >= 4 is 11.4 Å². The minimum absolute atomic E-state index is 0.275. The van der Waals surface area contributed by atoms with E-state index in [0.29, 0.717) is 37.4 Å². The number of piperazine rings is 1. The third kappa shape index (κ3) is 4.52. The molecular weight excluding hydrogens is 404 g/mol. The van der Waals surface area contributed by atoms with Gasteiger partial charge in [-0.05, 0) is 76.2 Å². The van der Waals surface area contributed by atoms with E-state index in [2.05, 4.69) is 86.0 Å². The Balaban J connectivity index is 1.28. The fourth-order valence-corrected chi connectivity index (χ4v) is 4.75. The molecule has 2 aromatic carbocycles. The van der Waals surface area contributed by atoms with Gasteiger partial charge in [-0.2, -0.15) is 0 Å². The Morgan fingerprint density at radius 2 is 0.938 bits per heavy atom. The van der Waals surface area contributed by atoms with E-state index in [9.17, 15) is 0 Å². The topological polar surface area (TPSA) is 50.0 Å². The molecule has 3 aliphatic heterocycles. The van der Waals surface area contributed by atoms with Gasteiger partial charge in [0.25, 0.3) is 0 Å². The number of hydrogen-bond acceptors (Lipinski definition) is 6. The van der Waals surface area contributed by atoms with Gasteiger partial charge >= 0.3 is 0 Å². The van der Waals surface area contributed by atoms with Crippen LogP contribution in [-0.2, 0) is 9.47 Å². The third-order valence-electron chi connectivity index (χ3n) is 7.10. The lowest BCUT2D eigenvalue weighted by atomic mass is 9.93. The van der Waals surface area contributed by atoms with Crippen LogP contribution in [0, 0.1) is 0 Å². The molecule has 0 aromatic heterocycles. The fourth-order valence-electron chi connectivity index (χ4n) is 4.75. The molecule has 6 nitrogen and oxygen atoms in total. The first-order chi connectivity index (χ1) is 15.5. The van der Waals surface area contributed by atoms with Crippen LogP contribution in [0.15, 0.2) is 48.5 Å². The van der Waals surface area contributed by atoms with Gasteiger partial charge in [-0.15, -0.1) is 0 Å². The number of benzene rings is 2. The van der Waals surface area contributed by atoms with Gasteiger partial charge in [0.1, 0.15) is 36.9 Å². The summed E-state index contributed by atoms with van der Waals surface area (Å²) in [7, 11) is 0. The third-order valence-corrected chi connectivity index (χ3v) is 7.10. The highest BCUT2D eigenvalue weighted by molar-refractivity contribution is 5.58. The van der Waals surface area contributed by atoms with Gasteiger partial charge in [-0.25, -0.2) is 0 Å². The molecule has 3 fully saturated rings. The lowest BCUT2D eigenvalue weighted by Gasteiger charge is -2.54. The maximum atomic E-state index is 5.82. The Kier molecular flexibility index (Phi) is 5.91. The van der Waals surface area contributed by atoms with E-state index in [1.54, 1.807) is 0 Å². The molecule has 3 aliphatic rings. The second-order valence-electron chi connectivity index (χ2n) is 9.30. The van der Waals surface area contributed by atoms with Crippen LogP contribution < -0.4 is 19.3 Å². The Hall–Kier alpha value is -2.44. The number of rotatable bonds is 8. The molecule has 0 amide bonds. The summed E-state index contributed by atoms with van der Waals surface area (Å²) in [5.74, 6) is 1.81. The zero-order valence-electron chi connectivity index (χ0n) is 19.4. The monoisotopic (exact) mass is 438 g/mol. The summed E-state index contributed by atoms with van der Waals surface area (Å²) in [6.07, 6.45) is 0.551. The summed E-state index contributed by atoms with van der Waals surface area (Å²) in [5, 5.41) is 0. The van der Waals surface area contributed by atoms with Crippen LogP contribution >= 0.6 is 0 Å². The number of epoxide rings is 2. The van der Waals surface area contributed by atoms with E-state index < -0.39 is 0 Å². The molecule has 6 unspecified atom stereocenters. The van der Waals surface area contributed by atoms with Gasteiger partial charge in [0.05, 0.1) is 13.2 Å². The van der Waals surface area contributed by atoms with Crippen molar-refractivity contribution in [3.05, 3.63) is 48.5 Å². The molecule has 3 saturated heterocycles. The predicted molar refractivity (Wildman–Crippen MR) is 126 cm³/mol. The smallest absolute Gasteiger partial charge is 0.119 e. The molecule has 6 heteroatoms. The summed E-state index contributed by atoms with van der Waals surface area (Å²) in [5.41, 5.74) is 2.48. The molecule has 0 saturated carbocycles. The molecule has 32 heavy (non-hydrogen) atoms. The average molecular weight is 439 g/mol. The van der Waals surface area contributed by atoms with Crippen molar-refractivity contribution in [3.63, 3.8) is 0 Å². The first-order valence-electron chi connectivity index (χ1n) is 11.8. The van der Waals surface area contributed by atoms with Gasteiger partial charge in [0, 0.05) is 35.5 Å². The standard InChI is InChI=1S/C26H34N2O4/c1-17-18(2)28(22-7-11-24(12-8-22)30-14-26-16-32-26)20(4)19(3)27(17)21-5-9-23(10-6-21)29-13-25-15-31-25/h5-12,17-20,25-26H,13-16H2,1-4H3. The van der Waals surface area contributed by atoms with Crippen LogP contribution in [0.4, 0.5) is 11.4 Å². The highest BCUT2D eigenvalue weighted by Gasteiger charge is 2.40. The van der Waals surface area contributed by atoms with Gasteiger partial charge in [-0.3, -0.25) is 0 Å². The second kappa shape index (κ2) is 8.83. The van der Waals surface area contributed by atoms with Crippen LogP contribution in [0.2, 0.25) is 0 Å². The molecule has 5 rings (SSSR count). The van der Waals surface area contributed by atoms with E-state index in [0.717, 1.165) is 24.7 Å². The molecule has 3 heterocycles. The van der Waals surface area contributed by atoms with Crippen LogP contribution in [-0.4, -0.2) is 62.8 Å². The molecule has 0 radical (unpaired) electrons. The van der Waals surface area contributed by atoms with Crippen LogP contribution in [0.1, 0.15) is 27.7 Å². The maximum Gasteiger partial charge on any atom is 0.119 e. The van der Waals surface area contributed by atoms with Crippen molar-refractivity contribution in [2.24, 2.45) is 0 Å². The Labute approximate surface area is 191 Å². The van der Waals surface area contributed by atoms with Gasteiger partial charge in [-0.1, -0.05) is 0 Å². The minimum Gasteiger partial charge on any atom is -0.491 e. The number of ether oxygens (including phenoxy) is 4. The number of hydrogen-bond donors (Lipinski definition) is 0. The second-order valence-corrected chi connectivity index (χ2v) is 9.30. The van der Waals surface area contributed by atoms with Gasteiger partial charge in [0.2, 0.25) is 0 Å². The highest BCUT2D eigenvalue weighted by Crippen LogP contribution is 2.36. The molecule has 0 bridgehead atoms. The lowest BCUT2D eigenvalue weighted by molar-refractivity contribution is 0.263. The molecule has 0 N–H and O–H groups in total. The van der Waals surface area contributed by atoms with Crippen molar-refractivity contribution in [1.82, 2.24) is 0 Å². The Morgan fingerprint density at radius 1 is 0.625 bits per heavy atom. The van der Waals surface area contributed by atoms with E-state index in [-0.39, 0.29) is 12.2 Å². The quantitative estimate of drug-likeness (QED) is 0.578. The summed E-state index contributed by atoms with van der Waals surface area (Å²) < 4.78 is 22.1. The zero-order chi connectivity index (χ0) is 22.2. The van der Waals surface area contributed by atoms with Crippen LogP contribution in [0.3, 0.4) is 0 Å². The Bertz CT molecular complexity index is 804. The van der Waals surface area contributed by atoms with Crippen molar-refractivity contribution < 1.29 is 18.9 Å². The molecule has 0 spiro atoms. The molecule has 172 valence electrons. The van der Waals surface area contributed by atoms with Gasteiger partial charge in [0.15, 0.2) is 0 Å². The molecule has 0 aliphatic carbocycles. The largest absolute Gasteiger partial charge is 0.491 e. The van der Waals surface area contributed by atoms with Crippen molar-refractivity contribution in [3.8, 4) is 11.5 Å². The summed E-state index contributed by atoms with van der Waals surface area (Å²) in [4.78, 5) is 5.10. The molecule has 6 atom stereocenters. The van der Waals surface area contributed by atoms with E-state index >= 15 is 0 Å². The predicted octanol–water partition coefficient (Wildman–Crippen LogP) is 4.12. The van der Waals surface area contributed by atoms with Crippen molar-refractivity contribution in [1.29, 1.82) is 0 Å². The highest BCUT2D eigenvalue weighted by atomic mass is 16.6. The average Bonchev–Trinajstić information content (AvgIpc) is 3.72. The lowest BCUT2D eigenvalue weighted by Crippen LogP contribution is -2.66. The summed E-state index contributed by atoms with van der Waals surface area (Å²) in [6.45, 7) is 12.2. The van der Waals surface area contributed by atoms with Crippen molar-refractivity contribution in [2.45, 2.75) is 64.1 Å². The molecule has 2 aromatic rings. The normalized spacial score (nSPS) is 31.4. The van der Waals surface area contributed by atoms with Crippen LogP contribution in [0.25, 0.3) is 0 Å². The summed E-state index contributed by atoms with van der Waals surface area (Å²) >= 11 is 0. The van der Waals surface area contributed by atoms with E-state index in [1.807, 2.05) is 0 Å². The Morgan fingerprint density at radius 3 is 1.22 bits per heavy atom. The SMILES string of the molecule is CC1C(C)N(c2ccc(OCC3CO3)cc2)C(C)C(C)N1c1ccc(OCC2CO2)cc1. The van der Waals surface area contributed by atoms with Gasteiger partial charge < -0.3 is 28.7 Å². The number of anilines is 2. The minimum atomic E-state index is 0.275. The van der Waals surface area contributed by atoms with E-state index in [1.165, 1.54) is 11.4 Å². The van der Waals surface area contributed by atoms with E-state index in [4.69, 9.17) is 18.9 Å². The first-order valence-corrected chi connectivity index (χ1v) is 11.8. The maximum absolute atomic E-state index is 5.82. The summed E-state index contributed by atoms with van der Waals surface area (Å²) in [6, 6.07) is 18.4. The first kappa shape index (κ1) is 21.4. The van der Waals surface area contributed by atoms with Crippen molar-refractivity contribution in [2.75, 3.05) is 36.2 Å². The zero-order valence-corrected chi connectivity index (χ0v) is 19.4. The van der Waals surface area contributed by atoms with Crippen LogP contribution in [0.5, 0.6) is 11.5 Å². The fraction of sp³-hybridized carbons (Fsp3) is 0.538.